The van der Waals surface area contributed by atoms with E-state index >= 15 is 0 Å². The Morgan fingerprint density at radius 3 is 1.92 bits per heavy atom. The van der Waals surface area contributed by atoms with Gasteiger partial charge in [-0.2, -0.15) is 4.31 Å². The summed E-state index contributed by atoms with van der Waals surface area (Å²) in [5.41, 5.74) is 2.05. The Labute approximate surface area is 213 Å². The fourth-order valence-electron chi connectivity index (χ4n) is 3.73. The summed E-state index contributed by atoms with van der Waals surface area (Å²) in [6.45, 7) is 2.21. The molecule has 10 nitrogen and oxygen atoms in total. The summed E-state index contributed by atoms with van der Waals surface area (Å²) >= 11 is 0. The van der Waals surface area contributed by atoms with Crippen LogP contribution in [0.3, 0.4) is 0 Å². The van der Waals surface area contributed by atoms with E-state index in [1.54, 1.807) is 0 Å². The molecule has 0 spiro atoms. The molecule has 1 fully saturated rings. The van der Waals surface area contributed by atoms with Crippen molar-refractivity contribution in [1.29, 1.82) is 0 Å². The van der Waals surface area contributed by atoms with Crippen LogP contribution >= 0.6 is 0 Å². The third-order valence-electron chi connectivity index (χ3n) is 5.67. The first-order valence-electron chi connectivity index (χ1n) is 11.2. The van der Waals surface area contributed by atoms with Gasteiger partial charge in [0.05, 0.1) is 16.9 Å². The van der Waals surface area contributed by atoms with Crippen LogP contribution in [0.4, 0.5) is 13.2 Å². The number of ether oxygens (including phenoxy) is 2. The Morgan fingerprint density at radius 1 is 0.919 bits per heavy atom. The van der Waals surface area contributed by atoms with E-state index in [1.165, 1.54) is 40.7 Å². The van der Waals surface area contributed by atoms with E-state index in [-0.39, 0.29) is 22.1 Å². The molecule has 0 radical (unpaired) electrons. The zero-order chi connectivity index (χ0) is 27.3. The van der Waals surface area contributed by atoms with Crippen LogP contribution in [0.15, 0.2) is 53.4 Å². The van der Waals surface area contributed by atoms with Crippen LogP contribution in [-0.2, 0) is 19.9 Å². The summed E-state index contributed by atoms with van der Waals surface area (Å²) in [7, 11) is -7.02. The molecule has 1 heterocycles. The Balaban J connectivity index is 1.52. The number of hydrogen-bond acceptors (Lipinski definition) is 9. The molecule has 2 aromatic rings. The number of alkyl halides is 3. The molecule has 0 aliphatic carbocycles. The van der Waals surface area contributed by atoms with Gasteiger partial charge in [0.2, 0.25) is 10.0 Å². The highest BCUT2D eigenvalue weighted by molar-refractivity contribution is 7.91. The molecule has 1 atom stereocenters. The number of halogens is 3. The van der Waals surface area contributed by atoms with Crippen LogP contribution in [0.5, 0.6) is 17.2 Å². The third-order valence-corrected chi connectivity index (χ3v) is 8.81. The summed E-state index contributed by atoms with van der Waals surface area (Å²) in [5, 5.41) is 9.49. The molecule has 2 aromatic carbocycles. The lowest BCUT2D eigenvalue weighted by atomic mass is 10.2. The van der Waals surface area contributed by atoms with Gasteiger partial charge < -0.3 is 19.6 Å². The zero-order valence-corrected chi connectivity index (χ0v) is 21.5. The maximum Gasteiger partial charge on any atom is 0.573 e. The number of nitrogens with one attached hydrogen (secondary N) is 1. The number of piperazine rings is 1. The van der Waals surface area contributed by atoms with Crippen molar-refractivity contribution in [2.45, 2.75) is 23.7 Å². The molecule has 1 aliphatic rings. The van der Waals surface area contributed by atoms with Crippen molar-refractivity contribution in [2.75, 3.05) is 44.7 Å². The van der Waals surface area contributed by atoms with E-state index in [0.29, 0.717) is 39.1 Å². The summed E-state index contributed by atoms with van der Waals surface area (Å²) in [6, 6.07) is 9.51. The molecule has 37 heavy (non-hydrogen) atoms. The highest BCUT2D eigenvalue weighted by Gasteiger charge is 2.31. The lowest BCUT2D eigenvalue weighted by Gasteiger charge is -2.33. The largest absolute Gasteiger partial charge is 0.573 e. The van der Waals surface area contributed by atoms with Crippen LogP contribution in [0.25, 0.3) is 0 Å². The Bertz CT molecular complexity index is 1230. The average molecular weight is 568 g/mol. The van der Waals surface area contributed by atoms with E-state index in [9.17, 15) is 35.2 Å². The fourth-order valence-corrected chi connectivity index (χ4v) is 6.07. The van der Waals surface area contributed by atoms with Gasteiger partial charge in [-0.3, -0.25) is 0 Å². The topological polar surface area (TPSA) is 125 Å². The molecule has 0 saturated carbocycles. The lowest BCUT2D eigenvalue weighted by Crippen LogP contribution is -2.49. The second-order valence-electron chi connectivity index (χ2n) is 8.49. The summed E-state index contributed by atoms with van der Waals surface area (Å²) in [4.78, 5) is 2.02. The standard InChI is InChI=1S/C22H28F3N3O7S2/c1-36(30,31)28-14-12-27(13-15-28)11-10-17(26-29)16-37(32,33)21-8-6-19(7-9-21)34-18-2-4-20(5-3-18)35-22(23,24)25/h2-9,17,26,29H,10-16H2,1H3. The van der Waals surface area contributed by atoms with Crippen molar-refractivity contribution in [3.05, 3.63) is 48.5 Å². The van der Waals surface area contributed by atoms with Gasteiger partial charge in [-0.1, -0.05) is 0 Å². The van der Waals surface area contributed by atoms with Gasteiger partial charge in [0.15, 0.2) is 9.84 Å². The highest BCUT2D eigenvalue weighted by Crippen LogP contribution is 2.28. The first-order valence-corrected chi connectivity index (χ1v) is 14.7. The van der Waals surface area contributed by atoms with Crippen LogP contribution in [-0.4, -0.2) is 88.4 Å². The van der Waals surface area contributed by atoms with E-state index in [2.05, 4.69) is 4.74 Å². The maximum absolute atomic E-state index is 12.8. The van der Waals surface area contributed by atoms with Gasteiger partial charge in [0.1, 0.15) is 17.2 Å². The van der Waals surface area contributed by atoms with Crippen LogP contribution in [0.1, 0.15) is 6.42 Å². The minimum Gasteiger partial charge on any atom is -0.457 e. The first-order chi connectivity index (χ1) is 17.2. The number of hydrogen-bond donors (Lipinski definition) is 2. The summed E-state index contributed by atoms with van der Waals surface area (Å²) < 4.78 is 96.4. The highest BCUT2D eigenvalue weighted by atomic mass is 32.2. The third kappa shape index (κ3) is 9.12. The van der Waals surface area contributed by atoms with Gasteiger partial charge >= 0.3 is 6.36 Å². The molecule has 0 amide bonds. The van der Waals surface area contributed by atoms with E-state index < -0.39 is 38.0 Å². The van der Waals surface area contributed by atoms with Gasteiger partial charge in [-0.25, -0.2) is 22.3 Å². The quantitative estimate of drug-likeness (QED) is 0.394. The number of benzene rings is 2. The van der Waals surface area contributed by atoms with E-state index in [0.717, 1.165) is 18.4 Å². The lowest BCUT2D eigenvalue weighted by molar-refractivity contribution is -0.274. The molecule has 15 heteroatoms. The first kappa shape index (κ1) is 29.1. The minimum absolute atomic E-state index is 0.00999. The van der Waals surface area contributed by atoms with E-state index in [4.69, 9.17) is 4.74 Å². The van der Waals surface area contributed by atoms with Gasteiger partial charge in [0, 0.05) is 32.2 Å². The predicted molar refractivity (Wildman–Crippen MR) is 128 cm³/mol. The Morgan fingerprint density at radius 2 is 1.43 bits per heavy atom. The van der Waals surface area contributed by atoms with Crippen molar-refractivity contribution in [1.82, 2.24) is 14.7 Å². The molecule has 1 aliphatic heterocycles. The predicted octanol–water partition coefficient (Wildman–Crippen LogP) is 2.47. The zero-order valence-electron chi connectivity index (χ0n) is 19.9. The molecule has 2 N–H and O–H groups in total. The number of nitrogens with zero attached hydrogens (tertiary/aromatic N) is 2. The van der Waals surface area contributed by atoms with Crippen molar-refractivity contribution in [2.24, 2.45) is 0 Å². The number of rotatable bonds is 11. The molecule has 3 rings (SSSR count). The van der Waals surface area contributed by atoms with Crippen molar-refractivity contribution < 1.29 is 44.7 Å². The average Bonchev–Trinajstić information content (AvgIpc) is 2.82. The number of sulfone groups is 1. The maximum atomic E-state index is 12.8. The van der Waals surface area contributed by atoms with Crippen molar-refractivity contribution in [3.8, 4) is 17.2 Å². The monoisotopic (exact) mass is 567 g/mol. The minimum atomic E-state index is -4.80. The van der Waals surface area contributed by atoms with Crippen LogP contribution in [0.2, 0.25) is 0 Å². The number of sulfonamides is 1. The normalized spacial score (nSPS) is 16.9. The Kier molecular flexibility index (Phi) is 9.42. The summed E-state index contributed by atoms with van der Waals surface area (Å²) in [5.74, 6) is -0.265. The second kappa shape index (κ2) is 12.0. The molecule has 206 valence electrons. The molecular formula is C22H28F3N3O7S2. The van der Waals surface area contributed by atoms with Gasteiger partial charge in [-0.05, 0) is 61.5 Å². The van der Waals surface area contributed by atoms with Crippen LogP contribution < -0.4 is 15.0 Å². The van der Waals surface area contributed by atoms with Gasteiger partial charge in [0.25, 0.3) is 0 Å². The smallest absolute Gasteiger partial charge is 0.457 e. The molecule has 1 unspecified atom stereocenters. The molecule has 0 bridgehead atoms. The van der Waals surface area contributed by atoms with Crippen molar-refractivity contribution >= 4 is 19.9 Å². The molecule has 0 aromatic heterocycles. The fraction of sp³-hybridized carbons (Fsp3) is 0.455. The van der Waals surface area contributed by atoms with Crippen LogP contribution in [0, 0.1) is 0 Å². The Hall–Kier alpha value is -2.43. The summed E-state index contributed by atoms with van der Waals surface area (Å²) in [6.07, 6.45) is -3.32. The molecular weight excluding hydrogens is 539 g/mol. The van der Waals surface area contributed by atoms with Gasteiger partial charge in [-0.15, -0.1) is 13.2 Å². The van der Waals surface area contributed by atoms with E-state index in [1.807, 2.05) is 10.4 Å². The SMILES string of the molecule is CS(=O)(=O)N1CCN(CCC(CS(=O)(=O)c2ccc(Oc3ccc(OC(F)(F)F)cc3)cc2)NO)CC1. The second-order valence-corrected chi connectivity index (χ2v) is 12.5. The number of hydroxylamine groups is 1. The molecule has 1 saturated heterocycles. The van der Waals surface area contributed by atoms with Crippen molar-refractivity contribution in [3.63, 3.8) is 0 Å².